The maximum Gasteiger partial charge on any atom is 0.115 e. The molecule has 0 amide bonds. The van der Waals surface area contributed by atoms with Crippen molar-refractivity contribution >= 4 is 11.0 Å². The van der Waals surface area contributed by atoms with Gasteiger partial charge in [-0.15, -0.1) is 0 Å². The second-order valence-electron chi connectivity index (χ2n) is 6.88. The highest BCUT2D eigenvalue weighted by Crippen LogP contribution is 2.40. The van der Waals surface area contributed by atoms with Gasteiger partial charge >= 0.3 is 0 Å². The van der Waals surface area contributed by atoms with Gasteiger partial charge < -0.3 is 4.98 Å². The minimum atomic E-state index is 0.392. The first-order valence-corrected chi connectivity index (χ1v) is 8.83. The molecule has 1 unspecified atom stereocenters. The molecule has 118 valence electrons. The average Bonchev–Trinajstić information content (AvgIpc) is 3.02. The van der Waals surface area contributed by atoms with Crippen molar-refractivity contribution in [2.24, 2.45) is 5.92 Å². The summed E-state index contributed by atoms with van der Waals surface area (Å²) in [6.45, 7) is 2.14. The van der Waals surface area contributed by atoms with E-state index in [0.29, 0.717) is 11.8 Å². The number of H-pyrrole nitrogens is 1. The molecule has 4 rings (SSSR count). The standard InChI is InChI=1S/C21H24N2/c1-15-9-8-14-18-20(15)23-21(22-18)19(16-10-4-2-5-11-16)17-12-6-3-7-13-17/h2,4-5,8-11,14,17,19H,3,6-7,12-13H2,1H3,(H,22,23). The zero-order valence-corrected chi connectivity index (χ0v) is 13.8. The van der Waals surface area contributed by atoms with E-state index in [9.17, 15) is 0 Å². The first kappa shape index (κ1) is 14.5. The quantitative estimate of drug-likeness (QED) is 0.672. The van der Waals surface area contributed by atoms with E-state index in [4.69, 9.17) is 4.98 Å². The third kappa shape index (κ3) is 2.78. The lowest BCUT2D eigenvalue weighted by Gasteiger charge is -2.29. The number of nitrogens with one attached hydrogen (secondary N) is 1. The number of aromatic nitrogens is 2. The summed E-state index contributed by atoms with van der Waals surface area (Å²) >= 11 is 0. The Bertz CT molecular complexity index is 782. The number of hydrogen-bond acceptors (Lipinski definition) is 1. The molecule has 1 heterocycles. The third-order valence-corrected chi connectivity index (χ3v) is 5.31. The van der Waals surface area contributed by atoms with Gasteiger partial charge in [0.15, 0.2) is 0 Å². The van der Waals surface area contributed by atoms with Crippen LogP contribution < -0.4 is 0 Å². The molecule has 2 nitrogen and oxygen atoms in total. The Morgan fingerprint density at radius 1 is 0.957 bits per heavy atom. The summed E-state index contributed by atoms with van der Waals surface area (Å²) in [7, 11) is 0. The molecule has 1 saturated carbocycles. The second kappa shape index (κ2) is 6.19. The topological polar surface area (TPSA) is 28.7 Å². The normalized spacial score (nSPS) is 17.4. The molecular weight excluding hydrogens is 280 g/mol. The Hall–Kier alpha value is -2.09. The number of hydrogen-bond donors (Lipinski definition) is 1. The largest absolute Gasteiger partial charge is 0.341 e. The van der Waals surface area contributed by atoms with Crippen molar-refractivity contribution in [3.8, 4) is 0 Å². The van der Waals surface area contributed by atoms with Crippen LogP contribution in [-0.2, 0) is 0 Å². The first-order valence-electron chi connectivity index (χ1n) is 8.83. The Kier molecular flexibility index (Phi) is 3.90. The lowest BCUT2D eigenvalue weighted by molar-refractivity contribution is 0.322. The Labute approximate surface area is 138 Å². The van der Waals surface area contributed by atoms with E-state index in [-0.39, 0.29) is 0 Å². The van der Waals surface area contributed by atoms with E-state index in [2.05, 4.69) is 60.4 Å². The molecule has 0 spiro atoms. The van der Waals surface area contributed by atoms with Gasteiger partial charge in [-0.3, -0.25) is 0 Å². The molecular formula is C21H24N2. The number of imidazole rings is 1. The Morgan fingerprint density at radius 2 is 1.74 bits per heavy atom. The van der Waals surface area contributed by atoms with Crippen LogP contribution in [0.5, 0.6) is 0 Å². The lowest BCUT2D eigenvalue weighted by Crippen LogP contribution is -2.18. The third-order valence-electron chi connectivity index (χ3n) is 5.31. The van der Waals surface area contributed by atoms with E-state index in [0.717, 1.165) is 16.9 Å². The molecule has 1 aromatic heterocycles. The van der Waals surface area contributed by atoms with Gasteiger partial charge in [-0.2, -0.15) is 0 Å². The number of para-hydroxylation sites is 1. The van der Waals surface area contributed by atoms with Gasteiger partial charge in [-0.1, -0.05) is 61.7 Å². The number of aryl methyl sites for hydroxylation is 1. The summed E-state index contributed by atoms with van der Waals surface area (Å²) in [4.78, 5) is 8.63. The van der Waals surface area contributed by atoms with Gasteiger partial charge in [-0.25, -0.2) is 4.98 Å². The summed E-state index contributed by atoms with van der Waals surface area (Å²) in [5, 5.41) is 0. The number of aromatic amines is 1. The summed E-state index contributed by atoms with van der Waals surface area (Å²) in [6.07, 6.45) is 6.73. The summed E-state index contributed by atoms with van der Waals surface area (Å²) < 4.78 is 0. The molecule has 23 heavy (non-hydrogen) atoms. The number of nitrogens with zero attached hydrogens (tertiary/aromatic N) is 1. The smallest absolute Gasteiger partial charge is 0.115 e. The van der Waals surface area contributed by atoms with E-state index in [1.807, 2.05) is 0 Å². The Balaban J connectivity index is 1.81. The van der Waals surface area contributed by atoms with Crippen molar-refractivity contribution < 1.29 is 0 Å². The van der Waals surface area contributed by atoms with E-state index in [1.165, 1.54) is 43.2 Å². The maximum absolute atomic E-state index is 5.01. The molecule has 0 bridgehead atoms. The van der Waals surface area contributed by atoms with Crippen LogP contribution in [-0.4, -0.2) is 9.97 Å². The lowest BCUT2D eigenvalue weighted by atomic mass is 9.76. The van der Waals surface area contributed by atoms with Gasteiger partial charge in [0.2, 0.25) is 0 Å². The van der Waals surface area contributed by atoms with Crippen molar-refractivity contribution in [2.75, 3.05) is 0 Å². The molecule has 1 fully saturated rings. The van der Waals surface area contributed by atoms with E-state index >= 15 is 0 Å². The van der Waals surface area contributed by atoms with Gasteiger partial charge in [0.1, 0.15) is 5.82 Å². The summed E-state index contributed by atoms with van der Waals surface area (Å²) in [6, 6.07) is 17.3. The zero-order valence-electron chi connectivity index (χ0n) is 13.8. The zero-order chi connectivity index (χ0) is 15.6. The van der Waals surface area contributed by atoms with Gasteiger partial charge in [0.05, 0.1) is 11.0 Å². The predicted molar refractivity (Wildman–Crippen MR) is 95.7 cm³/mol. The van der Waals surface area contributed by atoms with Gasteiger partial charge in [0, 0.05) is 5.92 Å². The fourth-order valence-electron chi connectivity index (χ4n) is 4.12. The molecule has 2 heteroatoms. The monoisotopic (exact) mass is 304 g/mol. The van der Waals surface area contributed by atoms with Crippen LogP contribution in [0.15, 0.2) is 48.5 Å². The first-order chi connectivity index (χ1) is 11.3. The molecule has 1 N–H and O–H groups in total. The van der Waals surface area contributed by atoms with Gasteiger partial charge in [-0.05, 0) is 42.9 Å². The van der Waals surface area contributed by atoms with Crippen LogP contribution in [0.25, 0.3) is 11.0 Å². The van der Waals surface area contributed by atoms with Gasteiger partial charge in [0.25, 0.3) is 0 Å². The molecule has 3 aromatic rings. The van der Waals surface area contributed by atoms with Crippen LogP contribution in [0.1, 0.15) is 55.0 Å². The average molecular weight is 304 g/mol. The minimum Gasteiger partial charge on any atom is -0.341 e. The summed E-state index contributed by atoms with van der Waals surface area (Å²) in [5.41, 5.74) is 4.94. The molecule has 2 aromatic carbocycles. The van der Waals surface area contributed by atoms with Crippen molar-refractivity contribution in [1.29, 1.82) is 0 Å². The molecule has 0 saturated heterocycles. The highest BCUT2D eigenvalue weighted by molar-refractivity contribution is 5.78. The molecule has 1 aliphatic carbocycles. The number of rotatable bonds is 3. The van der Waals surface area contributed by atoms with E-state index in [1.54, 1.807) is 0 Å². The van der Waals surface area contributed by atoms with Crippen molar-refractivity contribution in [1.82, 2.24) is 9.97 Å². The fraction of sp³-hybridized carbons (Fsp3) is 0.381. The van der Waals surface area contributed by atoms with Crippen molar-refractivity contribution in [3.05, 3.63) is 65.5 Å². The second-order valence-corrected chi connectivity index (χ2v) is 6.88. The predicted octanol–water partition coefficient (Wildman–Crippen LogP) is 5.58. The van der Waals surface area contributed by atoms with Crippen molar-refractivity contribution in [3.63, 3.8) is 0 Å². The molecule has 0 aliphatic heterocycles. The highest BCUT2D eigenvalue weighted by atomic mass is 14.9. The van der Waals surface area contributed by atoms with Crippen LogP contribution in [0, 0.1) is 12.8 Å². The molecule has 1 aliphatic rings. The van der Waals surface area contributed by atoms with Crippen LogP contribution in [0.4, 0.5) is 0 Å². The highest BCUT2D eigenvalue weighted by Gasteiger charge is 2.29. The van der Waals surface area contributed by atoms with Crippen molar-refractivity contribution in [2.45, 2.75) is 44.9 Å². The fourth-order valence-corrected chi connectivity index (χ4v) is 4.12. The van der Waals surface area contributed by atoms with E-state index < -0.39 is 0 Å². The molecule has 0 radical (unpaired) electrons. The maximum atomic E-state index is 5.01. The van der Waals surface area contributed by atoms with Crippen LogP contribution >= 0.6 is 0 Å². The SMILES string of the molecule is Cc1cccc2[nH]c(C(c3ccccc3)C3CCCCC3)nc12. The summed E-state index contributed by atoms with van der Waals surface area (Å²) in [5.74, 6) is 2.24. The van der Waals surface area contributed by atoms with Crippen LogP contribution in [0.3, 0.4) is 0 Å². The number of fused-ring (bicyclic) bond motifs is 1. The number of benzene rings is 2. The molecule has 1 atom stereocenters. The Morgan fingerprint density at radius 3 is 2.48 bits per heavy atom. The minimum absolute atomic E-state index is 0.392. The van der Waals surface area contributed by atoms with Crippen LogP contribution in [0.2, 0.25) is 0 Å².